The van der Waals surface area contributed by atoms with Gasteiger partial charge in [0.05, 0.1) is 19.1 Å². The highest BCUT2D eigenvalue weighted by Gasteiger charge is 2.16. The number of amides is 1. The minimum absolute atomic E-state index is 0.0604. The maximum atomic E-state index is 12.3. The summed E-state index contributed by atoms with van der Waals surface area (Å²) in [6, 6.07) is 10.9. The Balaban J connectivity index is 1.41. The Kier molecular flexibility index (Phi) is 7.21. The molecule has 2 aromatic rings. The van der Waals surface area contributed by atoms with Crippen molar-refractivity contribution in [1.29, 1.82) is 0 Å². The molecule has 0 spiro atoms. The van der Waals surface area contributed by atoms with Crippen LogP contribution >= 0.6 is 0 Å². The largest absolute Gasteiger partial charge is 0.486 e. The average Bonchev–Trinajstić information content (AvgIpc) is 2.80. The molecular formula is C22H21NO8. The van der Waals surface area contributed by atoms with Gasteiger partial charge in [-0.2, -0.15) is 0 Å². The lowest BCUT2D eigenvalue weighted by Gasteiger charge is -2.18. The van der Waals surface area contributed by atoms with Gasteiger partial charge in [0.15, 0.2) is 23.9 Å². The summed E-state index contributed by atoms with van der Waals surface area (Å²) in [6.45, 7) is 0.378. The van der Waals surface area contributed by atoms with Gasteiger partial charge in [0.25, 0.3) is 5.91 Å². The van der Waals surface area contributed by atoms with E-state index in [1.807, 2.05) is 0 Å². The topological polar surface area (TPSA) is 117 Å². The lowest BCUT2D eigenvalue weighted by molar-refractivity contribution is -0.147. The molecule has 0 radical (unpaired) electrons. The second kappa shape index (κ2) is 10.2. The Morgan fingerprint density at radius 1 is 0.903 bits per heavy atom. The molecule has 1 aliphatic rings. The zero-order chi connectivity index (χ0) is 22.2. The summed E-state index contributed by atoms with van der Waals surface area (Å²) in [5, 5.41) is 2.54. The number of Topliss-reactive ketones (excluding diaryl/α,β-unsaturated/α-hetero) is 1. The van der Waals surface area contributed by atoms with Gasteiger partial charge in [-0.3, -0.25) is 14.4 Å². The number of esters is 2. The van der Waals surface area contributed by atoms with E-state index in [4.69, 9.17) is 14.2 Å². The van der Waals surface area contributed by atoms with Crippen LogP contribution in [0.2, 0.25) is 0 Å². The molecule has 0 unspecified atom stereocenters. The average molecular weight is 427 g/mol. The molecule has 1 aliphatic heterocycles. The Labute approximate surface area is 178 Å². The molecular weight excluding hydrogens is 406 g/mol. The van der Waals surface area contributed by atoms with E-state index in [0.717, 1.165) is 0 Å². The second-order valence-corrected chi connectivity index (χ2v) is 6.56. The van der Waals surface area contributed by atoms with Crippen LogP contribution in [0.4, 0.5) is 5.69 Å². The lowest BCUT2D eigenvalue weighted by atomic mass is 10.1. The van der Waals surface area contributed by atoms with Crippen molar-refractivity contribution in [3.05, 3.63) is 53.6 Å². The van der Waals surface area contributed by atoms with E-state index in [0.29, 0.717) is 41.5 Å². The first-order valence-electron chi connectivity index (χ1n) is 9.53. The maximum absolute atomic E-state index is 12.3. The molecule has 0 atom stereocenters. The molecule has 0 fully saturated rings. The number of benzene rings is 2. The van der Waals surface area contributed by atoms with E-state index in [9.17, 15) is 19.2 Å². The molecule has 9 heteroatoms. The summed E-state index contributed by atoms with van der Waals surface area (Å²) in [6.07, 6.45) is -0.219. The van der Waals surface area contributed by atoms with Crippen LogP contribution in [-0.4, -0.2) is 50.6 Å². The molecule has 3 rings (SSSR count). The summed E-state index contributed by atoms with van der Waals surface area (Å²) in [5.74, 6) is -0.870. The third-order valence-corrected chi connectivity index (χ3v) is 4.37. The van der Waals surface area contributed by atoms with Crippen LogP contribution < -0.4 is 14.8 Å². The lowest BCUT2D eigenvalue weighted by Crippen LogP contribution is -2.21. The van der Waals surface area contributed by atoms with Gasteiger partial charge >= 0.3 is 11.9 Å². The van der Waals surface area contributed by atoms with E-state index in [1.54, 1.807) is 18.2 Å². The number of hydrogen-bond acceptors (Lipinski definition) is 8. The first kappa shape index (κ1) is 21.8. The Bertz CT molecular complexity index is 984. The van der Waals surface area contributed by atoms with Gasteiger partial charge in [0.1, 0.15) is 13.2 Å². The Hall–Kier alpha value is -3.88. The Morgan fingerprint density at radius 3 is 2.29 bits per heavy atom. The Morgan fingerprint density at radius 2 is 1.58 bits per heavy atom. The first-order valence-corrected chi connectivity index (χ1v) is 9.53. The van der Waals surface area contributed by atoms with Crippen molar-refractivity contribution >= 4 is 29.3 Å². The van der Waals surface area contributed by atoms with Gasteiger partial charge in [-0.05, 0) is 42.5 Å². The third kappa shape index (κ3) is 6.05. The van der Waals surface area contributed by atoms with Crippen LogP contribution in [0.1, 0.15) is 33.6 Å². The molecule has 1 heterocycles. The summed E-state index contributed by atoms with van der Waals surface area (Å²) in [5.41, 5.74) is 1.18. The summed E-state index contributed by atoms with van der Waals surface area (Å²) < 4.78 is 20.4. The minimum Gasteiger partial charge on any atom is -0.486 e. The van der Waals surface area contributed by atoms with Crippen molar-refractivity contribution in [1.82, 2.24) is 0 Å². The molecule has 0 saturated carbocycles. The van der Waals surface area contributed by atoms with Crippen LogP contribution in [0, 0.1) is 0 Å². The number of fused-ring (bicyclic) bond motifs is 1. The number of ether oxygens (including phenoxy) is 4. The quantitative estimate of drug-likeness (QED) is 0.504. The number of carbonyl (C=O) groups is 4. The van der Waals surface area contributed by atoms with Gasteiger partial charge in [-0.25, -0.2) is 4.79 Å². The predicted molar refractivity (Wildman–Crippen MR) is 108 cm³/mol. The van der Waals surface area contributed by atoms with Crippen molar-refractivity contribution < 1.29 is 38.1 Å². The summed E-state index contributed by atoms with van der Waals surface area (Å²) >= 11 is 0. The van der Waals surface area contributed by atoms with E-state index in [2.05, 4.69) is 10.1 Å². The van der Waals surface area contributed by atoms with Crippen LogP contribution in [0.15, 0.2) is 42.5 Å². The van der Waals surface area contributed by atoms with Crippen molar-refractivity contribution in [2.75, 3.05) is 32.2 Å². The smallest absolute Gasteiger partial charge is 0.337 e. The van der Waals surface area contributed by atoms with E-state index >= 15 is 0 Å². The number of nitrogens with one attached hydrogen (secondary N) is 1. The fourth-order valence-electron chi connectivity index (χ4n) is 2.80. The van der Waals surface area contributed by atoms with E-state index in [-0.39, 0.29) is 18.6 Å². The van der Waals surface area contributed by atoms with Crippen LogP contribution in [0.25, 0.3) is 0 Å². The summed E-state index contributed by atoms with van der Waals surface area (Å²) in [7, 11) is 1.27. The van der Waals surface area contributed by atoms with Gasteiger partial charge in [0, 0.05) is 17.7 Å². The predicted octanol–water partition coefficient (Wildman–Crippen LogP) is 2.39. The molecule has 1 amide bonds. The number of rotatable bonds is 8. The minimum atomic E-state index is -0.665. The molecule has 0 aliphatic carbocycles. The molecule has 0 bridgehead atoms. The monoisotopic (exact) mass is 427 g/mol. The van der Waals surface area contributed by atoms with Crippen molar-refractivity contribution in [3.63, 3.8) is 0 Å². The molecule has 31 heavy (non-hydrogen) atoms. The van der Waals surface area contributed by atoms with Crippen LogP contribution in [0.3, 0.4) is 0 Å². The number of carbonyl (C=O) groups excluding carboxylic acids is 4. The molecule has 9 nitrogen and oxygen atoms in total. The van der Waals surface area contributed by atoms with Crippen molar-refractivity contribution in [2.45, 2.75) is 12.8 Å². The normalized spacial score (nSPS) is 11.9. The number of anilines is 1. The molecule has 0 aromatic heterocycles. The SMILES string of the molecule is COC(=O)c1ccc(NC(=O)COC(=O)CCC(=O)c2ccc3c(c2)OCCO3)cc1. The van der Waals surface area contributed by atoms with Gasteiger partial charge < -0.3 is 24.3 Å². The van der Waals surface area contributed by atoms with Gasteiger partial charge in [-0.1, -0.05) is 0 Å². The van der Waals surface area contributed by atoms with Crippen molar-refractivity contribution in [3.8, 4) is 11.5 Å². The van der Waals surface area contributed by atoms with E-state index in [1.165, 1.54) is 31.4 Å². The molecule has 0 saturated heterocycles. The van der Waals surface area contributed by atoms with E-state index < -0.39 is 24.5 Å². The fourth-order valence-corrected chi connectivity index (χ4v) is 2.80. The first-order chi connectivity index (χ1) is 15.0. The van der Waals surface area contributed by atoms with Gasteiger partial charge in [-0.15, -0.1) is 0 Å². The number of hydrogen-bond donors (Lipinski definition) is 1. The third-order valence-electron chi connectivity index (χ3n) is 4.37. The van der Waals surface area contributed by atoms with Crippen LogP contribution in [-0.2, 0) is 19.1 Å². The summed E-state index contributed by atoms with van der Waals surface area (Å²) in [4.78, 5) is 47.5. The van der Waals surface area contributed by atoms with Crippen molar-refractivity contribution in [2.24, 2.45) is 0 Å². The highest BCUT2D eigenvalue weighted by atomic mass is 16.6. The number of ketones is 1. The number of methoxy groups -OCH3 is 1. The van der Waals surface area contributed by atoms with Crippen LogP contribution in [0.5, 0.6) is 11.5 Å². The highest BCUT2D eigenvalue weighted by molar-refractivity contribution is 5.98. The maximum Gasteiger partial charge on any atom is 0.337 e. The molecule has 162 valence electrons. The fraction of sp³-hybridized carbons (Fsp3) is 0.273. The zero-order valence-electron chi connectivity index (χ0n) is 16.8. The zero-order valence-corrected chi connectivity index (χ0v) is 16.8. The molecule has 2 aromatic carbocycles. The second-order valence-electron chi connectivity index (χ2n) is 6.56. The standard InChI is InChI=1S/C22H21NO8/c1-28-22(27)14-2-5-16(6-3-14)23-20(25)13-31-21(26)9-7-17(24)15-4-8-18-19(12-15)30-11-10-29-18/h2-6,8,12H,7,9-11,13H2,1H3,(H,23,25). The highest BCUT2D eigenvalue weighted by Crippen LogP contribution is 2.31. The van der Waals surface area contributed by atoms with Gasteiger partial charge in [0.2, 0.25) is 0 Å². The molecule has 1 N–H and O–H groups in total.